The van der Waals surface area contributed by atoms with E-state index in [1.165, 1.54) is 31.0 Å². The Morgan fingerprint density at radius 1 is 1.52 bits per heavy atom. The number of aliphatic imine (C=N–C) groups is 1. The zero-order valence-corrected chi connectivity index (χ0v) is 13.8. The summed E-state index contributed by atoms with van der Waals surface area (Å²) in [4.78, 5) is 6.94. The van der Waals surface area contributed by atoms with Crippen molar-refractivity contribution in [2.24, 2.45) is 4.99 Å². The summed E-state index contributed by atoms with van der Waals surface area (Å²) < 4.78 is 0. The van der Waals surface area contributed by atoms with Gasteiger partial charge >= 0.3 is 0 Å². The van der Waals surface area contributed by atoms with Crippen LogP contribution in [-0.2, 0) is 0 Å². The van der Waals surface area contributed by atoms with Crippen LogP contribution in [0, 0.1) is 11.5 Å². The second-order valence-electron chi connectivity index (χ2n) is 5.03. The summed E-state index contributed by atoms with van der Waals surface area (Å²) in [6, 6.07) is 6.27. The average molecular weight is 323 g/mol. The van der Waals surface area contributed by atoms with Gasteiger partial charge in [-0.05, 0) is 50.6 Å². The molecule has 4 nitrogen and oxygen atoms in total. The molecule has 0 saturated carbocycles. The fourth-order valence-electron chi connectivity index (χ4n) is 2.57. The fraction of sp³-hybridized carbons (Fsp3) is 0.467. The van der Waals surface area contributed by atoms with Gasteiger partial charge in [0.1, 0.15) is 0 Å². The number of anilines is 1. The number of nitrogens with one attached hydrogen (secondary N) is 1. The number of nitriles is 1. The second kappa shape index (κ2) is 7.58. The van der Waals surface area contributed by atoms with Gasteiger partial charge in [-0.3, -0.25) is 5.32 Å². The molecule has 1 heterocycles. The average Bonchev–Trinajstić information content (AvgIpc) is 2.48. The molecule has 1 atom stereocenters. The van der Waals surface area contributed by atoms with Crippen LogP contribution in [0.5, 0.6) is 0 Å². The topological polar surface area (TPSA) is 51.4 Å². The summed E-state index contributed by atoms with van der Waals surface area (Å²) in [6.07, 6.45) is 7.46. The molecule has 1 fully saturated rings. The maximum absolute atomic E-state index is 8.77. The van der Waals surface area contributed by atoms with Crippen molar-refractivity contribution in [3.63, 3.8) is 0 Å². The van der Waals surface area contributed by atoms with Crippen LogP contribution in [0.1, 0.15) is 26.2 Å². The maximum atomic E-state index is 8.77. The van der Waals surface area contributed by atoms with Crippen molar-refractivity contribution in [1.29, 1.82) is 5.26 Å². The highest BCUT2D eigenvalue weighted by Crippen LogP contribution is 2.35. The number of rotatable bonds is 2. The highest BCUT2D eigenvalue weighted by atomic mass is 35.5. The fourth-order valence-corrected chi connectivity index (χ4v) is 3.07. The lowest BCUT2D eigenvalue weighted by molar-refractivity contribution is 0.485. The number of amidine groups is 1. The second-order valence-corrected chi connectivity index (χ2v) is 6.26. The minimum atomic E-state index is 0.496. The van der Waals surface area contributed by atoms with Gasteiger partial charge < -0.3 is 4.90 Å². The highest BCUT2D eigenvalue weighted by molar-refractivity contribution is 8.13. The third kappa shape index (κ3) is 4.05. The SMILES string of the molecule is CSC(=Nc1cc(Cl)ccc1N1CCCCC1C)NC#N. The third-order valence-electron chi connectivity index (χ3n) is 3.63. The van der Waals surface area contributed by atoms with Crippen molar-refractivity contribution >= 4 is 39.9 Å². The predicted octanol–water partition coefficient (Wildman–Crippen LogP) is 4.14. The molecule has 0 aliphatic carbocycles. The Hall–Kier alpha value is -1.38. The monoisotopic (exact) mass is 322 g/mol. The van der Waals surface area contributed by atoms with Crippen LogP contribution < -0.4 is 10.2 Å². The van der Waals surface area contributed by atoms with Crippen molar-refractivity contribution in [2.45, 2.75) is 32.2 Å². The molecule has 0 bridgehead atoms. The first-order valence-electron chi connectivity index (χ1n) is 6.99. The molecule has 1 N–H and O–H groups in total. The van der Waals surface area contributed by atoms with E-state index in [9.17, 15) is 0 Å². The Balaban J connectivity index is 2.40. The van der Waals surface area contributed by atoms with Crippen LogP contribution >= 0.6 is 23.4 Å². The third-order valence-corrected chi connectivity index (χ3v) is 4.44. The summed E-state index contributed by atoms with van der Waals surface area (Å²) in [5.74, 6) is 0. The smallest absolute Gasteiger partial charge is 0.183 e. The molecule has 0 spiro atoms. The summed E-state index contributed by atoms with van der Waals surface area (Å²) in [5.41, 5.74) is 1.89. The van der Waals surface area contributed by atoms with Crippen LogP contribution in [0.2, 0.25) is 5.02 Å². The van der Waals surface area contributed by atoms with Gasteiger partial charge in [0.15, 0.2) is 11.4 Å². The number of halogens is 1. The van der Waals surface area contributed by atoms with Crippen LogP contribution in [0.25, 0.3) is 0 Å². The first-order chi connectivity index (χ1) is 10.2. The van der Waals surface area contributed by atoms with E-state index in [0.717, 1.165) is 17.9 Å². The van der Waals surface area contributed by atoms with E-state index in [1.54, 1.807) is 0 Å². The quantitative estimate of drug-likeness (QED) is 0.385. The minimum Gasteiger partial charge on any atom is -0.367 e. The lowest BCUT2D eigenvalue weighted by atomic mass is 10.0. The molecule has 6 heteroatoms. The zero-order chi connectivity index (χ0) is 15.2. The van der Waals surface area contributed by atoms with Crippen molar-refractivity contribution in [1.82, 2.24) is 5.32 Å². The van der Waals surface area contributed by atoms with E-state index in [-0.39, 0.29) is 0 Å². The van der Waals surface area contributed by atoms with Crippen molar-refractivity contribution in [3.8, 4) is 6.19 Å². The molecule has 2 rings (SSSR count). The number of piperidine rings is 1. The van der Waals surface area contributed by atoms with Crippen molar-refractivity contribution < 1.29 is 0 Å². The molecule has 1 aliphatic rings. The summed E-state index contributed by atoms with van der Waals surface area (Å²) in [7, 11) is 0. The number of benzene rings is 1. The van der Waals surface area contributed by atoms with Crippen LogP contribution in [0.4, 0.5) is 11.4 Å². The van der Waals surface area contributed by atoms with Crippen LogP contribution in [-0.4, -0.2) is 24.0 Å². The van der Waals surface area contributed by atoms with Gasteiger partial charge in [-0.1, -0.05) is 23.4 Å². The van der Waals surface area contributed by atoms with E-state index in [0.29, 0.717) is 16.2 Å². The van der Waals surface area contributed by atoms with Gasteiger partial charge in [-0.2, -0.15) is 5.26 Å². The first-order valence-corrected chi connectivity index (χ1v) is 8.60. The minimum absolute atomic E-state index is 0.496. The highest BCUT2D eigenvalue weighted by Gasteiger charge is 2.21. The number of hydrogen-bond acceptors (Lipinski definition) is 4. The van der Waals surface area contributed by atoms with E-state index >= 15 is 0 Å². The summed E-state index contributed by atoms with van der Waals surface area (Å²) in [6.45, 7) is 3.27. The molecule has 0 aromatic heterocycles. The maximum Gasteiger partial charge on any atom is 0.183 e. The van der Waals surface area contributed by atoms with Crippen LogP contribution in [0.15, 0.2) is 23.2 Å². The largest absolute Gasteiger partial charge is 0.367 e. The predicted molar refractivity (Wildman–Crippen MR) is 91.5 cm³/mol. The van der Waals surface area contributed by atoms with Gasteiger partial charge in [0, 0.05) is 17.6 Å². The Kier molecular flexibility index (Phi) is 5.77. The van der Waals surface area contributed by atoms with E-state index in [1.807, 2.05) is 30.6 Å². The van der Waals surface area contributed by atoms with Crippen molar-refractivity contribution in [3.05, 3.63) is 23.2 Å². The lowest BCUT2D eigenvalue weighted by Gasteiger charge is -2.36. The van der Waals surface area contributed by atoms with Gasteiger partial charge in [-0.25, -0.2) is 4.99 Å². The van der Waals surface area contributed by atoms with E-state index < -0.39 is 0 Å². The molecular formula is C15H19ClN4S. The number of hydrogen-bond donors (Lipinski definition) is 1. The Bertz CT molecular complexity index is 567. The molecule has 1 aliphatic heterocycles. The number of nitrogens with zero attached hydrogens (tertiary/aromatic N) is 3. The standard InChI is InChI=1S/C15H19ClN4S/c1-11-5-3-4-8-20(11)14-7-6-12(16)9-13(14)19-15(21-2)18-10-17/h6-7,9,11H,3-5,8H2,1-2H3,(H,18,19). The first kappa shape index (κ1) is 16.0. The molecule has 112 valence electrons. The molecule has 0 radical (unpaired) electrons. The zero-order valence-electron chi connectivity index (χ0n) is 12.3. The normalized spacial score (nSPS) is 19.2. The number of thioether (sulfide) groups is 1. The molecule has 1 unspecified atom stereocenters. The Labute approximate surface area is 135 Å². The van der Waals surface area contributed by atoms with Crippen molar-refractivity contribution in [2.75, 3.05) is 17.7 Å². The Morgan fingerprint density at radius 3 is 3.00 bits per heavy atom. The van der Waals surface area contributed by atoms with Crippen LogP contribution in [0.3, 0.4) is 0 Å². The molecule has 0 amide bonds. The van der Waals surface area contributed by atoms with Gasteiger partial charge in [0.05, 0.1) is 11.4 Å². The van der Waals surface area contributed by atoms with Gasteiger partial charge in [0.25, 0.3) is 0 Å². The molecule has 1 aromatic rings. The van der Waals surface area contributed by atoms with Gasteiger partial charge in [-0.15, -0.1) is 0 Å². The van der Waals surface area contributed by atoms with E-state index in [2.05, 4.69) is 22.1 Å². The molecule has 21 heavy (non-hydrogen) atoms. The molecule has 1 saturated heterocycles. The summed E-state index contributed by atoms with van der Waals surface area (Å²) >= 11 is 7.52. The molecular weight excluding hydrogens is 304 g/mol. The summed E-state index contributed by atoms with van der Waals surface area (Å²) in [5, 5.41) is 12.6. The van der Waals surface area contributed by atoms with Gasteiger partial charge in [0.2, 0.25) is 0 Å². The Morgan fingerprint density at radius 2 is 2.33 bits per heavy atom. The lowest BCUT2D eigenvalue weighted by Crippen LogP contribution is -2.37. The molecule has 1 aromatic carbocycles. The van der Waals surface area contributed by atoms with E-state index in [4.69, 9.17) is 16.9 Å².